The van der Waals surface area contributed by atoms with Crippen molar-refractivity contribution in [3.8, 4) is 0 Å². The first-order valence-electron chi connectivity index (χ1n) is 7.74. The number of benzene rings is 1. The van der Waals surface area contributed by atoms with Crippen LogP contribution in [0.2, 0.25) is 10.0 Å². The Morgan fingerprint density at radius 1 is 1.04 bits per heavy atom. The molecule has 3 rings (SSSR count). The van der Waals surface area contributed by atoms with Gasteiger partial charge in [0.15, 0.2) is 0 Å². The normalized spacial score (nSPS) is 21.1. The maximum atomic E-state index is 6.50. The van der Waals surface area contributed by atoms with Gasteiger partial charge in [0.2, 0.25) is 0 Å². The molecule has 0 radical (unpaired) electrons. The van der Waals surface area contributed by atoms with Gasteiger partial charge in [0, 0.05) is 61.0 Å². The molecule has 2 aliphatic heterocycles. The van der Waals surface area contributed by atoms with Crippen LogP contribution < -0.4 is 5.32 Å². The largest absolute Gasteiger partial charge is 0.381 e. The first-order chi connectivity index (χ1) is 10.3. The molecule has 0 aromatic heterocycles. The van der Waals surface area contributed by atoms with Crippen LogP contribution in [0.4, 0.5) is 0 Å². The molecule has 0 spiro atoms. The number of hydrogen-bond acceptors (Lipinski definition) is 3. The van der Waals surface area contributed by atoms with E-state index in [4.69, 9.17) is 27.9 Å². The third-order valence-corrected chi connectivity index (χ3v) is 5.21. The maximum Gasteiger partial charge on any atom is 0.0469 e. The molecule has 1 atom stereocenters. The SMILES string of the molecule is Cl.Cl.Clc1cccc(Cl)c1[C@@H](C1CCOCC1)N1CCNCC1. The topological polar surface area (TPSA) is 24.5 Å². The van der Waals surface area contributed by atoms with Gasteiger partial charge in [-0.25, -0.2) is 0 Å². The molecule has 3 nitrogen and oxygen atoms in total. The second-order valence-corrected chi connectivity index (χ2v) is 6.63. The van der Waals surface area contributed by atoms with Crippen molar-refractivity contribution < 1.29 is 4.74 Å². The van der Waals surface area contributed by atoms with E-state index in [1.54, 1.807) is 0 Å². The second kappa shape index (κ2) is 10.3. The molecule has 2 aliphatic rings. The average molecular weight is 402 g/mol. The van der Waals surface area contributed by atoms with Crippen molar-refractivity contribution in [2.24, 2.45) is 5.92 Å². The number of hydrogen-bond donors (Lipinski definition) is 1. The van der Waals surface area contributed by atoms with E-state index < -0.39 is 0 Å². The quantitative estimate of drug-likeness (QED) is 0.820. The monoisotopic (exact) mass is 400 g/mol. The maximum absolute atomic E-state index is 6.50. The Morgan fingerprint density at radius 3 is 2.17 bits per heavy atom. The van der Waals surface area contributed by atoms with Crippen molar-refractivity contribution >= 4 is 48.0 Å². The van der Waals surface area contributed by atoms with Crippen molar-refractivity contribution in [3.63, 3.8) is 0 Å². The summed E-state index contributed by atoms with van der Waals surface area (Å²) in [6, 6.07) is 6.14. The fraction of sp³-hybridized carbons (Fsp3) is 0.625. The van der Waals surface area contributed by atoms with E-state index in [0.717, 1.165) is 67.8 Å². The smallest absolute Gasteiger partial charge is 0.0469 e. The molecule has 0 aliphatic carbocycles. The minimum absolute atomic E-state index is 0. The van der Waals surface area contributed by atoms with Gasteiger partial charge in [0.05, 0.1) is 0 Å². The molecule has 1 N–H and O–H groups in total. The lowest BCUT2D eigenvalue weighted by molar-refractivity contribution is 0.0213. The molecule has 7 heteroatoms. The van der Waals surface area contributed by atoms with Crippen molar-refractivity contribution in [2.45, 2.75) is 18.9 Å². The molecular weight excluding hydrogens is 378 g/mol. The van der Waals surface area contributed by atoms with Crippen LogP contribution >= 0.6 is 48.0 Å². The van der Waals surface area contributed by atoms with Crippen molar-refractivity contribution in [2.75, 3.05) is 39.4 Å². The number of ether oxygens (including phenoxy) is 1. The first kappa shape index (κ1) is 21.3. The molecule has 23 heavy (non-hydrogen) atoms. The minimum atomic E-state index is 0. The lowest BCUT2D eigenvalue weighted by atomic mass is 9.85. The Morgan fingerprint density at radius 2 is 1.61 bits per heavy atom. The zero-order valence-corrected chi connectivity index (χ0v) is 16.1. The first-order valence-corrected chi connectivity index (χ1v) is 8.49. The minimum Gasteiger partial charge on any atom is -0.381 e. The third kappa shape index (κ3) is 5.12. The van der Waals surface area contributed by atoms with Gasteiger partial charge in [-0.3, -0.25) is 4.90 Å². The van der Waals surface area contributed by atoms with Crippen LogP contribution in [0, 0.1) is 5.92 Å². The number of nitrogens with zero attached hydrogens (tertiary/aromatic N) is 1. The third-order valence-electron chi connectivity index (χ3n) is 4.55. The molecule has 1 aromatic rings. The van der Waals surface area contributed by atoms with E-state index in [9.17, 15) is 0 Å². The summed E-state index contributed by atoms with van der Waals surface area (Å²) >= 11 is 13.0. The average Bonchev–Trinajstić information content (AvgIpc) is 2.53. The van der Waals surface area contributed by atoms with Gasteiger partial charge < -0.3 is 10.1 Å². The Bertz CT molecular complexity index is 439. The zero-order valence-electron chi connectivity index (χ0n) is 13.0. The lowest BCUT2D eigenvalue weighted by Crippen LogP contribution is -2.47. The Hall–Kier alpha value is 0.260. The van der Waals surface area contributed by atoms with Crippen LogP contribution in [-0.2, 0) is 4.74 Å². The molecule has 0 bridgehead atoms. The Balaban J connectivity index is 0.00000132. The summed E-state index contributed by atoms with van der Waals surface area (Å²) in [7, 11) is 0. The molecule has 132 valence electrons. The second-order valence-electron chi connectivity index (χ2n) is 5.82. The van der Waals surface area contributed by atoms with E-state index in [1.807, 2.05) is 18.2 Å². The summed E-state index contributed by atoms with van der Waals surface area (Å²) in [5.41, 5.74) is 1.11. The molecule has 1 aromatic carbocycles. The number of halogens is 4. The van der Waals surface area contributed by atoms with Gasteiger partial charge in [-0.2, -0.15) is 0 Å². The number of rotatable bonds is 3. The van der Waals surface area contributed by atoms with Crippen LogP contribution in [0.1, 0.15) is 24.4 Å². The highest BCUT2D eigenvalue weighted by molar-refractivity contribution is 6.36. The van der Waals surface area contributed by atoms with Crippen LogP contribution in [0.3, 0.4) is 0 Å². The van der Waals surface area contributed by atoms with Gasteiger partial charge in [0.1, 0.15) is 0 Å². The molecule has 0 amide bonds. The molecule has 2 saturated heterocycles. The predicted molar refractivity (Wildman–Crippen MR) is 102 cm³/mol. The standard InChI is InChI=1S/C16H22Cl2N2O.2ClH/c17-13-2-1-3-14(18)15(13)16(12-4-10-21-11-5-12)20-8-6-19-7-9-20;;/h1-3,12,16,19H,4-11H2;2*1H/t16-;;/m1../s1. The van der Waals surface area contributed by atoms with Crippen LogP contribution in [0.25, 0.3) is 0 Å². The van der Waals surface area contributed by atoms with Crippen molar-refractivity contribution in [1.82, 2.24) is 10.2 Å². The van der Waals surface area contributed by atoms with E-state index in [-0.39, 0.29) is 24.8 Å². The van der Waals surface area contributed by atoms with Gasteiger partial charge in [-0.1, -0.05) is 29.3 Å². The van der Waals surface area contributed by atoms with Crippen LogP contribution in [0.5, 0.6) is 0 Å². The summed E-state index contributed by atoms with van der Waals surface area (Å²) < 4.78 is 5.54. The summed E-state index contributed by atoms with van der Waals surface area (Å²) in [6.45, 7) is 5.83. The summed E-state index contributed by atoms with van der Waals surface area (Å²) in [6.07, 6.45) is 2.16. The highest BCUT2D eigenvalue weighted by Gasteiger charge is 2.33. The molecular formula is C16H24Cl4N2O. The van der Waals surface area contributed by atoms with Gasteiger partial charge >= 0.3 is 0 Å². The fourth-order valence-electron chi connectivity index (χ4n) is 3.50. The number of nitrogens with one attached hydrogen (secondary N) is 1. The van der Waals surface area contributed by atoms with E-state index in [1.165, 1.54) is 0 Å². The molecule has 2 heterocycles. The van der Waals surface area contributed by atoms with Gasteiger partial charge in [0.25, 0.3) is 0 Å². The van der Waals surface area contributed by atoms with E-state index >= 15 is 0 Å². The highest BCUT2D eigenvalue weighted by atomic mass is 35.5. The molecule has 2 fully saturated rings. The predicted octanol–water partition coefficient (Wildman–Crippen LogP) is 4.21. The van der Waals surface area contributed by atoms with Gasteiger partial charge in [-0.15, -0.1) is 24.8 Å². The van der Waals surface area contributed by atoms with Crippen molar-refractivity contribution in [1.29, 1.82) is 0 Å². The number of piperazine rings is 1. The van der Waals surface area contributed by atoms with Gasteiger partial charge in [-0.05, 0) is 30.9 Å². The van der Waals surface area contributed by atoms with Crippen LogP contribution in [0.15, 0.2) is 18.2 Å². The Labute approximate surface area is 160 Å². The fourth-order valence-corrected chi connectivity index (χ4v) is 4.12. The van der Waals surface area contributed by atoms with E-state index in [0.29, 0.717) is 12.0 Å². The van der Waals surface area contributed by atoms with Crippen LogP contribution in [-0.4, -0.2) is 44.3 Å². The zero-order chi connectivity index (χ0) is 14.7. The summed E-state index contributed by atoms with van der Waals surface area (Å²) in [5, 5.41) is 5.00. The Kier molecular flexibility index (Phi) is 9.54. The lowest BCUT2D eigenvalue weighted by Gasteiger charge is -2.41. The van der Waals surface area contributed by atoms with E-state index in [2.05, 4.69) is 10.2 Å². The molecule has 0 unspecified atom stereocenters. The van der Waals surface area contributed by atoms with Crippen molar-refractivity contribution in [3.05, 3.63) is 33.8 Å². The summed E-state index contributed by atoms with van der Waals surface area (Å²) in [5.74, 6) is 0.564. The summed E-state index contributed by atoms with van der Waals surface area (Å²) in [4.78, 5) is 2.54. The molecule has 0 saturated carbocycles. The highest BCUT2D eigenvalue weighted by Crippen LogP contribution is 2.41.